The van der Waals surface area contributed by atoms with Gasteiger partial charge in [-0.25, -0.2) is 4.79 Å². The molecule has 2 amide bonds. The van der Waals surface area contributed by atoms with Gasteiger partial charge in [0.05, 0.1) is 6.10 Å². The van der Waals surface area contributed by atoms with Crippen LogP contribution in [0.15, 0.2) is 0 Å². The third-order valence-corrected chi connectivity index (χ3v) is 2.89. The van der Waals surface area contributed by atoms with Crippen LogP contribution in [0.4, 0.5) is 4.79 Å². The lowest BCUT2D eigenvalue weighted by Gasteiger charge is -2.37. The third kappa shape index (κ3) is 2.59. The first-order valence-corrected chi connectivity index (χ1v) is 4.94. The molecule has 82 valence electrons. The molecule has 5 nitrogen and oxygen atoms in total. The molecular weight excluding hydrogens is 182 g/mol. The lowest BCUT2D eigenvalue weighted by molar-refractivity contribution is 0.0637. The number of carbonyl (C=O) groups is 1. The Hall–Kier alpha value is -0.810. The second-order valence-corrected chi connectivity index (χ2v) is 3.97. The summed E-state index contributed by atoms with van der Waals surface area (Å²) >= 11 is 0. The van der Waals surface area contributed by atoms with Crippen LogP contribution >= 0.6 is 0 Å². The summed E-state index contributed by atoms with van der Waals surface area (Å²) in [4.78, 5) is 12.6. The van der Waals surface area contributed by atoms with Crippen molar-refractivity contribution in [3.05, 3.63) is 0 Å². The normalized spacial score (nSPS) is 30.1. The molecule has 0 aromatic heterocycles. The molecular formula is C9H19N3O2. The number of carbonyl (C=O) groups excluding carboxylic acids is 1. The summed E-state index contributed by atoms with van der Waals surface area (Å²) in [5, 5.41) is 12.6. The molecule has 0 radical (unpaired) electrons. The number of rotatable bonds is 2. The van der Waals surface area contributed by atoms with Gasteiger partial charge in [0.2, 0.25) is 0 Å². The Morgan fingerprint density at radius 1 is 1.64 bits per heavy atom. The largest absolute Gasteiger partial charge is 0.393 e. The number of nitrogens with one attached hydrogen (secondary N) is 1. The zero-order valence-electron chi connectivity index (χ0n) is 8.73. The fourth-order valence-corrected chi connectivity index (χ4v) is 1.88. The smallest absolute Gasteiger partial charge is 0.314 e. The maximum Gasteiger partial charge on any atom is 0.314 e. The summed E-state index contributed by atoms with van der Waals surface area (Å²) in [6.45, 7) is 2.95. The first kappa shape index (κ1) is 11.3. The molecule has 3 unspecified atom stereocenters. The van der Waals surface area contributed by atoms with E-state index in [9.17, 15) is 9.90 Å². The first-order chi connectivity index (χ1) is 6.54. The van der Waals surface area contributed by atoms with E-state index in [2.05, 4.69) is 5.32 Å². The minimum Gasteiger partial charge on any atom is -0.393 e. The Morgan fingerprint density at radius 3 is 2.71 bits per heavy atom. The van der Waals surface area contributed by atoms with Crippen molar-refractivity contribution in [1.29, 1.82) is 0 Å². The quantitative estimate of drug-likeness (QED) is 0.556. The summed E-state index contributed by atoms with van der Waals surface area (Å²) in [6, 6.07) is -0.175. The van der Waals surface area contributed by atoms with E-state index >= 15 is 0 Å². The number of hydrogen-bond donors (Lipinski definition) is 3. The molecule has 3 atom stereocenters. The number of piperidine rings is 1. The molecule has 1 aliphatic heterocycles. The summed E-state index contributed by atoms with van der Waals surface area (Å²) in [5.74, 6) is 0.119. The van der Waals surface area contributed by atoms with E-state index in [4.69, 9.17) is 5.73 Å². The zero-order chi connectivity index (χ0) is 10.7. The molecule has 0 aromatic carbocycles. The number of amides is 2. The topological polar surface area (TPSA) is 78.6 Å². The molecule has 0 bridgehead atoms. The average molecular weight is 201 g/mol. The minimum atomic E-state index is -0.407. The van der Waals surface area contributed by atoms with Gasteiger partial charge in [0, 0.05) is 25.0 Å². The Balaban J connectivity index is 2.61. The lowest BCUT2D eigenvalue weighted by atomic mass is 9.90. The molecule has 1 fully saturated rings. The highest BCUT2D eigenvalue weighted by molar-refractivity contribution is 5.72. The maximum atomic E-state index is 11.0. The Morgan fingerprint density at radius 2 is 2.29 bits per heavy atom. The van der Waals surface area contributed by atoms with Gasteiger partial charge < -0.3 is 21.1 Å². The van der Waals surface area contributed by atoms with Gasteiger partial charge in [-0.15, -0.1) is 0 Å². The van der Waals surface area contributed by atoms with Crippen LogP contribution in [0, 0.1) is 5.92 Å². The number of primary amides is 1. The lowest BCUT2D eigenvalue weighted by Crippen LogP contribution is -2.53. The summed E-state index contributed by atoms with van der Waals surface area (Å²) < 4.78 is 0. The highest BCUT2D eigenvalue weighted by Gasteiger charge is 2.30. The first-order valence-electron chi connectivity index (χ1n) is 4.94. The van der Waals surface area contributed by atoms with Crippen molar-refractivity contribution in [3.8, 4) is 0 Å². The SMILES string of the molecule is CNC1CC(C(C)O)CN(C(N)=O)C1. The van der Waals surface area contributed by atoms with Crippen LogP contribution in [0.1, 0.15) is 13.3 Å². The van der Waals surface area contributed by atoms with E-state index in [1.807, 2.05) is 7.05 Å². The van der Waals surface area contributed by atoms with E-state index in [0.29, 0.717) is 13.1 Å². The Bertz CT molecular complexity index is 208. The summed E-state index contributed by atoms with van der Waals surface area (Å²) in [6.07, 6.45) is 0.491. The van der Waals surface area contributed by atoms with Crippen LogP contribution in [-0.4, -0.2) is 48.3 Å². The van der Waals surface area contributed by atoms with Gasteiger partial charge in [0.1, 0.15) is 0 Å². The van der Waals surface area contributed by atoms with Crippen molar-refractivity contribution in [2.24, 2.45) is 11.7 Å². The fraction of sp³-hybridized carbons (Fsp3) is 0.889. The van der Waals surface area contributed by atoms with Crippen LogP contribution in [0.3, 0.4) is 0 Å². The standard InChI is InChI=1S/C9H19N3O2/c1-6(13)7-3-8(11-2)5-12(4-7)9(10)14/h6-8,11,13H,3-5H2,1-2H3,(H2,10,14). The van der Waals surface area contributed by atoms with Crippen molar-refractivity contribution < 1.29 is 9.90 Å². The fourth-order valence-electron chi connectivity index (χ4n) is 1.88. The Labute approximate surface area is 84.3 Å². The summed E-state index contributed by atoms with van der Waals surface area (Å²) in [7, 11) is 1.86. The van der Waals surface area contributed by atoms with Gasteiger partial charge in [-0.1, -0.05) is 0 Å². The van der Waals surface area contributed by atoms with E-state index in [-0.39, 0.29) is 12.0 Å². The van der Waals surface area contributed by atoms with Crippen LogP contribution < -0.4 is 11.1 Å². The van der Waals surface area contributed by atoms with Crippen molar-refractivity contribution in [1.82, 2.24) is 10.2 Å². The molecule has 4 N–H and O–H groups in total. The number of hydrogen-bond acceptors (Lipinski definition) is 3. The van der Waals surface area contributed by atoms with Crippen LogP contribution in [-0.2, 0) is 0 Å². The Kier molecular flexibility index (Phi) is 3.71. The van der Waals surface area contributed by atoms with E-state index < -0.39 is 12.1 Å². The highest BCUT2D eigenvalue weighted by atomic mass is 16.3. The van der Waals surface area contributed by atoms with E-state index in [1.54, 1.807) is 11.8 Å². The van der Waals surface area contributed by atoms with Crippen molar-refractivity contribution in [2.45, 2.75) is 25.5 Å². The molecule has 0 aromatic rings. The van der Waals surface area contributed by atoms with Gasteiger partial charge >= 0.3 is 6.03 Å². The molecule has 0 aliphatic carbocycles. The van der Waals surface area contributed by atoms with Gasteiger partial charge in [-0.05, 0) is 20.4 Å². The number of aliphatic hydroxyl groups is 1. The maximum absolute atomic E-state index is 11.0. The van der Waals surface area contributed by atoms with Gasteiger partial charge in [-0.3, -0.25) is 0 Å². The average Bonchev–Trinajstić information content (AvgIpc) is 2.16. The molecule has 0 spiro atoms. The predicted molar refractivity (Wildman–Crippen MR) is 53.8 cm³/mol. The molecule has 1 rings (SSSR count). The van der Waals surface area contributed by atoms with Crippen molar-refractivity contribution in [2.75, 3.05) is 20.1 Å². The van der Waals surface area contributed by atoms with E-state index in [0.717, 1.165) is 6.42 Å². The number of aliphatic hydroxyl groups excluding tert-OH is 1. The number of nitrogens with two attached hydrogens (primary N) is 1. The highest BCUT2D eigenvalue weighted by Crippen LogP contribution is 2.19. The summed E-state index contributed by atoms with van der Waals surface area (Å²) in [5.41, 5.74) is 5.22. The van der Waals surface area contributed by atoms with Gasteiger partial charge in [0.15, 0.2) is 0 Å². The molecule has 5 heteroatoms. The van der Waals surface area contributed by atoms with Crippen LogP contribution in [0.25, 0.3) is 0 Å². The van der Waals surface area contributed by atoms with Gasteiger partial charge in [-0.2, -0.15) is 0 Å². The number of likely N-dealkylation sites (tertiary alicyclic amines) is 1. The molecule has 0 saturated carbocycles. The van der Waals surface area contributed by atoms with E-state index in [1.165, 1.54) is 0 Å². The number of likely N-dealkylation sites (N-methyl/N-ethyl adjacent to an activating group) is 1. The van der Waals surface area contributed by atoms with Crippen LogP contribution in [0.5, 0.6) is 0 Å². The second kappa shape index (κ2) is 4.61. The molecule has 1 saturated heterocycles. The number of nitrogens with zero attached hydrogens (tertiary/aromatic N) is 1. The van der Waals surface area contributed by atoms with Gasteiger partial charge in [0.25, 0.3) is 0 Å². The molecule has 1 aliphatic rings. The second-order valence-electron chi connectivity index (χ2n) is 3.97. The zero-order valence-corrected chi connectivity index (χ0v) is 8.73. The molecule has 1 heterocycles. The van der Waals surface area contributed by atoms with Crippen molar-refractivity contribution in [3.63, 3.8) is 0 Å². The van der Waals surface area contributed by atoms with Crippen molar-refractivity contribution >= 4 is 6.03 Å². The predicted octanol–water partition coefficient (Wildman–Crippen LogP) is -0.644. The molecule has 14 heavy (non-hydrogen) atoms. The monoisotopic (exact) mass is 201 g/mol. The van der Waals surface area contributed by atoms with Crippen LogP contribution in [0.2, 0.25) is 0 Å². The third-order valence-electron chi connectivity index (χ3n) is 2.89. The number of urea groups is 1. The minimum absolute atomic E-state index is 0.119.